The highest BCUT2D eigenvalue weighted by molar-refractivity contribution is 5.35. The SMILES string of the molecule is C=CCN(CCO)Cc1nnnn1-c1ccc(C(F)(F)F)cc1. The number of alkyl halides is 3. The Kier molecular flexibility index (Phi) is 5.45. The minimum Gasteiger partial charge on any atom is -0.395 e. The highest BCUT2D eigenvalue weighted by Crippen LogP contribution is 2.29. The van der Waals surface area contributed by atoms with Gasteiger partial charge < -0.3 is 5.11 Å². The number of aliphatic hydroxyl groups excluding tert-OH is 1. The summed E-state index contributed by atoms with van der Waals surface area (Å²) in [6.45, 7) is 4.88. The number of tetrazole rings is 1. The maximum atomic E-state index is 12.6. The molecule has 0 amide bonds. The largest absolute Gasteiger partial charge is 0.416 e. The molecular weight excluding hydrogens is 311 g/mol. The van der Waals surface area contributed by atoms with Crippen molar-refractivity contribution in [3.05, 3.63) is 48.3 Å². The average Bonchev–Trinajstić information content (AvgIpc) is 2.95. The Morgan fingerprint density at radius 3 is 2.52 bits per heavy atom. The van der Waals surface area contributed by atoms with Crippen LogP contribution in [0.4, 0.5) is 13.2 Å². The second-order valence-electron chi connectivity index (χ2n) is 4.80. The third-order valence-corrected chi connectivity index (χ3v) is 3.14. The van der Waals surface area contributed by atoms with Gasteiger partial charge in [-0.1, -0.05) is 6.08 Å². The van der Waals surface area contributed by atoms with Crippen molar-refractivity contribution in [2.75, 3.05) is 19.7 Å². The van der Waals surface area contributed by atoms with Crippen LogP contribution in [0.3, 0.4) is 0 Å². The maximum Gasteiger partial charge on any atom is 0.416 e. The molecule has 124 valence electrons. The fourth-order valence-corrected chi connectivity index (χ4v) is 2.06. The average molecular weight is 327 g/mol. The van der Waals surface area contributed by atoms with E-state index < -0.39 is 11.7 Å². The molecule has 1 aromatic carbocycles. The number of hydrogen-bond donors (Lipinski definition) is 1. The number of nitrogens with zero attached hydrogens (tertiary/aromatic N) is 5. The molecule has 2 aromatic rings. The highest BCUT2D eigenvalue weighted by atomic mass is 19.4. The lowest BCUT2D eigenvalue weighted by Crippen LogP contribution is -2.28. The quantitative estimate of drug-likeness (QED) is 0.784. The van der Waals surface area contributed by atoms with E-state index in [9.17, 15) is 13.2 Å². The van der Waals surface area contributed by atoms with Gasteiger partial charge in [-0.2, -0.15) is 17.9 Å². The molecule has 0 aliphatic heterocycles. The predicted octanol–water partition coefficient (Wildman–Crippen LogP) is 1.66. The summed E-state index contributed by atoms with van der Waals surface area (Å²) in [5.41, 5.74) is -0.301. The Morgan fingerprint density at radius 2 is 1.96 bits per heavy atom. The van der Waals surface area contributed by atoms with E-state index in [4.69, 9.17) is 5.11 Å². The van der Waals surface area contributed by atoms with Crippen LogP contribution in [0.1, 0.15) is 11.4 Å². The summed E-state index contributed by atoms with van der Waals surface area (Å²) < 4.78 is 39.2. The van der Waals surface area contributed by atoms with Crippen molar-refractivity contribution in [3.63, 3.8) is 0 Å². The molecule has 0 atom stereocenters. The second-order valence-corrected chi connectivity index (χ2v) is 4.80. The second kappa shape index (κ2) is 7.34. The van der Waals surface area contributed by atoms with Crippen molar-refractivity contribution >= 4 is 0 Å². The molecule has 0 bridgehead atoms. The van der Waals surface area contributed by atoms with Crippen LogP contribution in [0.2, 0.25) is 0 Å². The summed E-state index contributed by atoms with van der Waals surface area (Å²) in [4.78, 5) is 1.86. The van der Waals surface area contributed by atoms with E-state index in [-0.39, 0.29) is 6.61 Å². The lowest BCUT2D eigenvalue weighted by atomic mass is 10.2. The van der Waals surface area contributed by atoms with E-state index in [1.807, 2.05) is 4.90 Å². The molecule has 1 heterocycles. The van der Waals surface area contributed by atoms with Crippen LogP contribution in [0.25, 0.3) is 5.69 Å². The van der Waals surface area contributed by atoms with Gasteiger partial charge in [0.1, 0.15) is 0 Å². The van der Waals surface area contributed by atoms with Crippen LogP contribution in [-0.2, 0) is 12.7 Å². The Bertz CT molecular complexity index is 639. The van der Waals surface area contributed by atoms with Crippen LogP contribution in [0.5, 0.6) is 0 Å². The molecule has 1 aromatic heterocycles. The van der Waals surface area contributed by atoms with E-state index >= 15 is 0 Å². The summed E-state index contributed by atoms with van der Waals surface area (Å²) >= 11 is 0. The van der Waals surface area contributed by atoms with Gasteiger partial charge in [0.2, 0.25) is 0 Å². The maximum absolute atomic E-state index is 12.6. The van der Waals surface area contributed by atoms with Gasteiger partial charge in [0.15, 0.2) is 5.82 Å². The lowest BCUT2D eigenvalue weighted by molar-refractivity contribution is -0.137. The van der Waals surface area contributed by atoms with E-state index in [0.717, 1.165) is 12.1 Å². The first-order valence-electron chi connectivity index (χ1n) is 6.84. The fraction of sp³-hybridized carbons (Fsp3) is 0.357. The normalized spacial score (nSPS) is 11.9. The standard InChI is InChI=1S/C14H16F3N5O/c1-2-7-21(8-9-23)10-13-18-19-20-22(13)12-5-3-11(4-6-12)14(15,16)17/h2-6,23H,1,7-10H2. The molecular formula is C14H16F3N5O. The molecule has 0 radical (unpaired) electrons. The van der Waals surface area contributed by atoms with Gasteiger partial charge in [0.25, 0.3) is 0 Å². The van der Waals surface area contributed by atoms with E-state index in [2.05, 4.69) is 22.1 Å². The summed E-state index contributed by atoms with van der Waals surface area (Å²) in [5, 5.41) is 20.3. The van der Waals surface area contributed by atoms with E-state index in [1.54, 1.807) is 6.08 Å². The first kappa shape index (κ1) is 17.1. The van der Waals surface area contributed by atoms with Crippen LogP contribution in [0.15, 0.2) is 36.9 Å². The van der Waals surface area contributed by atoms with Crippen molar-refractivity contribution in [2.45, 2.75) is 12.7 Å². The molecule has 0 aliphatic carbocycles. The van der Waals surface area contributed by atoms with Crippen LogP contribution in [0, 0.1) is 0 Å². The molecule has 0 unspecified atom stereocenters. The van der Waals surface area contributed by atoms with Gasteiger partial charge in [0, 0.05) is 13.1 Å². The molecule has 0 saturated heterocycles. The Labute approximate surface area is 130 Å². The molecule has 2 rings (SSSR count). The number of aliphatic hydroxyl groups is 1. The van der Waals surface area contributed by atoms with Gasteiger partial charge >= 0.3 is 6.18 Å². The number of halogens is 3. The zero-order valence-electron chi connectivity index (χ0n) is 12.2. The van der Waals surface area contributed by atoms with Gasteiger partial charge in [-0.15, -0.1) is 11.7 Å². The van der Waals surface area contributed by atoms with Crippen molar-refractivity contribution in [3.8, 4) is 5.69 Å². The Hall–Kier alpha value is -2.26. The zero-order valence-corrected chi connectivity index (χ0v) is 12.2. The highest BCUT2D eigenvalue weighted by Gasteiger charge is 2.30. The summed E-state index contributed by atoms with van der Waals surface area (Å²) in [5.74, 6) is 0.458. The van der Waals surface area contributed by atoms with Crippen molar-refractivity contribution in [2.24, 2.45) is 0 Å². The first-order chi connectivity index (χ1) is 11.0. The van der Waals surface area contributed by atoms with E-state index in [0.29, 0.717) is 31.1 Å². The van der Waals surface area contributed by atoms with Gasteiger partial charge in [-0.25, -0.2) is 0 Å². The molecule has 23 heavy (non-hydrogen) atoms. The molecule has 0 saturated carbocycles. The minimum atomic E-state index is -4.39. The summed E-state index contributed by atoms with van der Waals surface area (Å²) in [6, 6.07) is 4.59. The van der Waals surface area contributed by atoms with Crippen LogP contribution < -0.4 is 0 Å². The van der Waals surface area contributed by atoms with Crippen molar-refractivity contribution in [1.82, 2.24) is 25.1 Å². The Balaban J connectivity index is 2.21. The topological polar surface area (TPSA) is 67.1 Å². The molecule has 1 N–H and O–H groups in total. The molecule has 0 aliphatic rings. The zero-order chi connectivity index (χ0) is 16.9. The third kappa shape index (κ3) is 4.36. The first-order valence-corrected chi connectivity index (χ1v) is 6.84. The summed E-state index contributed by atoms with van der Waals surface area (Å²) in [6.07, 6.45) is -2.70. The lowest BCUT2D eigenvalue weighted by Gasteiger charge is -2.18. The van der Waals surface area contributed by atoms with Gasteiger partial charge in [-0.05, 0) is 34.7 Å². The number of rotatable bonds is 7. The number of aromatic nitrogens is 4. The van der Waals surface area contributed by atoms with Gasteiger partial charge in [0.05, 0.1) is 24.4 Å². The number of hydrogen-bond acceptors (Lipinski definition) is 5. The molecule has 6 nitrogen and oxygen atoms in total. The number of benzene rings is 1. The van der Waals surface area contributed by atoms with Gasteiger partial charge in [-0.3, -0.25) is 4.90 Å². The predicted molar refractivity (Wildman–Crippen MR) is 76.7 cm³/mol. The third-order valence-electron chi connectivity index (χ3n) is 3.14. The van der Waals surface area contributed by atoms with Crippen molar-refractivity contribution in [1.29, 1.82) is 0 Å². The van der Waals surface area contributed by atoms with E-state index in [1.165, 1.54) is 16.8 Å². The monoisotopic (exact) mass is 327 g/mol. The summed E-state index contributed by atoms with van der Waals surface area (Å²) in [7, 11) is 0. The Morgan fingerprint density at radius 1 is 1.26 bits per heavy atom. The minimum absolute atomic E-state index is 0.0321. The molecule has 0 fully saturated rings. The van der Waals surface area contributed by atoms with Crippen LogP contribution >= 0.6 is 0 Å². The fourth-order valence-electron chi connectivity index (χ4n) is 2.06. The van der Waals surface area contributed by atoms with Crippen LogP contribution in [-0.4, -0.2) is 49.9 Å². The molecule has 0 spiro atoms. The van der Waals surface area contributed by atoms with Crippen molar-refractivity contribution < 1.29 is 18.3 Å². The molecule has 9 heteroatoms. The smallest absolute Gasteiger partial charge is 0.395 e.